The summed E-state index contributed by atoms with van der Waals surface area (Å²) in [6, 6.07) is 4.22. The predicted molar refractivity (Wildman–Crippen MR) is 68.6 cm³/mol. The van der Waals surface area contributed by atoms with Crippen molar-refractivity contribution >= 4 is 5.91 Å². The fraction of sp³-hybridized carbons (Fsp3) is 0.500. The van der Waals surface area contributed by atoms with Gasteiger partial charge in [0.2, 0.25) is 5.91 Å². The van der Waals surface area contributed by atoms with E-state index >= 15 is 0 Å². The van der Waals surface area contributed by atoms with E-state index in [2.05, 4.69) is 19.2 Å². The molecule has 0 spiro atoms. The number of halogens is 1. The number of benzene rings is 1. The van der Waals surface area contributed by atoms with Gasteiger partial charge < -0.3 is 11.1 Å². The van der Waals surface area contributed by atoms with Gasteiger partial charge in [-0.25, -0.2) is 4.39 Å². The van der Waals surface area contributed by atoms with Gasteiger partial charge in [-0.15, -0.1) is 0 Å². The maximum Gasteiger partial charge on any atom is 0.248 e. The molecular weight excluding hydrogens is 231 g/mol. The number of nitrogens with one attached hydrogen (secondary N) is 1. The summed E-state index contributed by atoms with van der Waals surface area (Å²) in [5.41, 5.74) is 6.03. The Hall–Kier alpha value is -1.42. The molecule has 1 saturated carbocycles. The molecule has 0 aromatic heterocycles. The van der Waals surface area contributed by atoms with Crippen LogP contribution in [0.15, 0.2) is 18.2 Å². The minimum absolute atomic E-state index is 0.00910. The first kappa shape index (κ1) is 13.0. The quantitative estimate of drug-likeness (QED) is 0.841. The summed E-state index contributed by atoms with van der Waals surface area (Å²) >= 11 is 0. The number of rotatable bonds is 5. The first-order valence-corrected chi connectivity index (χ1v) is 6.23. The molecule has 1 fully saturated rings. The minimum Gasteiger partial charge on any atom is -0.366 e. The fourth-order valence-corrected chi connectivity index (χ4v) is 2.14. The zero-order chi connectivity index (χ0) is 13.3. The van der Waals surface area contributed by atoms with Crippen molar-refractivity contribution in [1.29, 1.82) is 0 Å². The molecule has 1 amide bonds. The van der Waals surface area contributed by atoms with E-state index in [-0.39, 0.29) is 11.4 Å². The molecule has 18 heavy (non-hydrogen) atoms. The summed E-state index contributed by atoms with van der Waals surface area (Å²) < 4.78 is 13.6. The smallest absolute Gasteiger partial charge is 0.248 e. The number of carbonyl (C=O) groups is 1. The number of carbonyl (C=O) groups excluding carboxylic acids is 1. The molecule has 3 nitrogen and oxygen atoms in total. The standard InChI is InChI=1S/C14H19FN2O/c1-14(2,11-4-5-11)17-8-10-7-9(13(16)18)3-6-12(10)15/h3,6-7,11,17H,4-5,8H2,1-2H3,(H2,16,18). The first-order valence-electron chi connectivity index (χ1n) is 6.23. The maximum absolute atomic E-state index is 13.6. The summed E-state index contributed by atoms with van der Waals surface area (Å²) in [4.78, 5) is 11.1. The average Bonchev–Trinajstić information content (AvgIpc) is 3.11. The largest absolute Gasteiger partial charge is 0.366 e. The van der Waals surface area contributed by atoms with Crippen LogP contribution in [0.2, 0.25) is 0 Å². The maximum atomic E-state index is 13.6. The van der Waals surface area contributed by atoms with Gasteiger partial charge >= 0.3 is 0 Å². The van der Waals surface area contributed by atoms with Crippen LogP contribution < -0.4 is 11.1 Å². The molecule has 1 aromatic rings. The lowest BCUT2D eigenvalue weighted by atomic mass is 9.98. The van der Waals surface area contributed by atoms with Gasteiger partial charge in [0.1, 0.15) is 5.82 Å². The van der Waals surface area contributed by atoms with Crippen LogP contribution in [0, 0.1) is 11.7 Å². The van der Waals surface area contributed by atoms with Gasteiger partial charge in [-0.2, -0.15) is 0 Å². The average molecular weight is 250 g/mol. The van der Waals surface area contributed by atoms with E-state index in [1.165, 1.54) is 31.0 Å². The lowest BCUT2D eigenvalue weighted by Crippen LogP contribution is -2.41. The van der Waals surface area contributed by atoms with Crippen molar-refractivity contribution in [3.8, 4) is 0 Å². The van der Waals surface area contributed by atoms with Crippen molar-refractivity contribution in [1.82, 2.24) is 5.32 Å². The summed E-state index contributed by atoms with van der Waals surface area (Å²) in [6.07, 6.45) is 2.45. The second kappa shape index (κ2) is 4.69. The lowest BCUT2D eigenvalue weighted by molar-refractivity contribution is 0.1000. The van der Waals surface area contributed by atoms with Crippen LogP contribution in [-0.2, 0) is 6.54 Å². The van der Waals surface area contributed by atoms with Crippen LogP contribution in [0.25, 0.3) is 0 Å². The van der Waals surface area contributed by atoms with Crippen molar-refractivity contribution in [2.75, 3.05) is 0 Å². The van der Waals surface area contributed by atoms with Crippen LogP contribution in [0.4, 0.5) is 4.39 Å². The number of hydrogen-bond acceptors (Lipinski definition) is 2. The number of primary amides is 1. The van der Waals surface area contributed by atoms with Gasteiger partial charge in [0.05, 0.1) is 0 Å². The van der Waals surface area contributed by atoms with Crippen molar-refractivity contribution in [2.24, 2.45) is 11.7 Å². The molecule has 1 aliphatic carbocycles. The highest BCUT2D eigenvalue weighted by Crippen LogP contribution is 2.39. The van der Waals surface area contributed by atoms with Crippen LogP contribution >= 0.6 is 0 Å². The van der Waals surface area contributed by atoms with E-state index in [0.29, 0.717) is 23.6 Å². The van der Waals surface area contributed by atoms with Gasteiger partial charge in [0, 0.05) is 23.2 Å². The summed E-state index contributed by atoms with van der Waals surface area (Å²) in [7, 11) is 0. The van der Waals surface area contributed by atoms with E-state index in [1.54, 1.807) is 0 Å². The molecule has 0 radical (unpaired) electrons. The van der Waals surface area contributed by atoms with Crippen LogP contribution in [0.5, 0.6) is 0 Å². The molecule has 3 N–H and O–H groups in total. The highest BCUT2D eigenvalue weighted by atomic mass is 19.1. The van der Waals surface area contributed by atoms with Crippen molar-refractivity contribution in [2.45, 2.75) is 38.8 Å². The van der Waals surface area contributed by atoms with Crippen molar-refractivity contribution in [3.63, 3.8) is 0 Å². The van der Waals surface area contributed by atoms with E-state index in [0.717, 1.165) is 0 Å². The van der Waals surface area contributed by atoms with Gasteiger partial charge in [-0.1, -0.05) is 0 Å². The Morgan fingerprint density at radius 3 is 2.72 bits per heavy atom. The highest BCUT2D eigenvalue weighted by molar-refractivity contribution is 5.92. The molecule has 2 rings (SSSR count). The Labute approximate surface area is 107 Å². The molecule has 0 saturated heterocycles. The summed E-state index contributed by atoms with van der Waals surface area (Å²) in [5.74, 6) is -0.170. The van der Waals surface area contributed by atoms with E-state index in [9.17, 15) is 9.18 Å². The van der Waals surface area contributed by atoms with Crippen molar-refractivity contribution < 1.29 is 9.18 Å². The van der Waals surface area contributed by atoms with E-state index in [1.807, 2.05) is 0 Å². The molecule has 1 aliphatic rings. The van der Waals surface area contributed by atoms with Gasteiger partial charge in [0.25, 0.3) is 0 Å². The Bertz CT molecular complexity index is 467. The minimum atomic E-state index is -0.530. The van der Waals surface area contributed by atoms with E-state index in [4.69, 9.17) is 5.73 Å². The summed E-state index contributed by atoms with van der Waals surface area (Å²) in [6.45, 7) is 4.66. The zero-order valence-corrected chi connectivity index (χ0v) is 10.8. The Morgan fingerprint density at radius 2 is 2.17 bits per heavy atom. The third kappa shape index (κ3) is 2.88. The molecule has 0 unspecified atom stereocenters. The molecule has 1 aromatic carbocycles. The number of hydrogen-bond donors (Lipinski definition) is 2. The fourth-order valence-electron chi connectivity index (χ4n) is 2.14. The monoisotopic (exact) mass is 250 g/mol. The molecule has 0 heterocycles. The number of amides is 1. The van der Waals surface area contributed by atoms with E-state index < -0.39 is 5.91 Å². The molecule has 4 heteroatoms. The van der Waals surface area contributed by atoms with Gasteiger partial charge in [-0.3, -0.25) is 4.79 Å². The number of nitrogens with two attached hydrogens (primary N) is 1. The van der Waals surface area contributed by atoms with Crippen LogP contribution in [0.1, 0.15) is 42.6 Å². The van der Waals surface area contributed by atoms with Gasteiger partial charge in [0.15, 0.2) is 0 Å². The molecule has 0 aliphatic heterocycles. The second-order valence-electron chi connectivity index (χ2n) is 5.52. The predicted octanol–water partition coefficient (Wildman–Crippen LogP) is 2.20. The molecule has 0 bridgehead atoms. The second-order valence-corrected chi connectivity index (χ2v) is 5.52. The van der Waals surface area contributed by atoms with Gasteiger partial charge in [-0.05, 0) is 50.8 Å². The normalized spacial score (nSPS) is 15.7. The van der Waals surface area contributed by atoms with Crippen molar-refractivity contribution in [3.05, 3.63) is 35.1 Å². The zero-order valence-electron chi connectivity index (χ0n) is 10.8. The molecular formula is C14H19FN2O. The third-order valence-electron chi connectivity index (χ3n) is 3.66. The molecule has 0 atom stereocenters. The Balaban J connectivity index is 2.08. The van der Waals surface area contributed by atoms with Crippen LogP contribution in [0.3, 0.4) is 0 Å². The highest BCUT2D eigenvalue weighted by Gasteiger charge is 2.37. The summed E-state index contributed by atoms with van der Waals surface area (Å²) in [5, 5.41) is 3.35. The lowest BCUT2D eigenvalue weighted by Gasteiger charge is -2.26. The Kier molecular flexibility index (Phi) is 3.39. The topological polar surface area (TPSA) is 55.1 Å². The van der Waals surface area contributed by atoms with Crippen LogP contribution in [-0.4, -0.2) is 11.4 Å². The Morgan fingerprint density at radius 1 is 1.50 bits per heavy atom. The third-order valence-corrected chi connectivity index (χ3v) is 3.66. The SMILES string of the molecule is CC(C)(NCc1cc(C(N)=O)ccc1F)C1CC1. The first-order chi connectivity index (χ1) is 8.40. The molecule has 98 valence electrons.